The summed E-state index contributed by atoms with van der Waals surface area (Å²) in [6.45, 7) is 0.514. The van der Waals surface area contributed by atoms with Crippen molar-refractivity contribution in [2.24, 2.45) is 0 Å². The first kappa shape index (κ1) is 14.3. The number of hydrogen-bond acceptors (Lipinski definition) is 3. The summed E-state index contributed by atoms with van der Waals surface area (Å²) >= 11 is 0. The van der Waals surface area contributed by atoms with Crippen LogP contribution in [0.3, 0.4) is 0 Å². The molecule has 2 fully saturated rings. The van der Waals surface area contributed by atoms with Crippen molar-refractivity contribution in [1.29, 1.82) is 0 Å². The zero-order valence-corrected chi connectivity index (χ0v) is 12.1. The number of aromatic carboxylic acids is 1. The highest BCUT2D eigenvalue weighted by atomic mass is 16.5. The lowest BCUT2D eigenvalue weighted by Gasteiger charge is -2.33. The summed E-state index contributed by atoms with van der Waals surface area (Å²) in [7, 11) is 0. The number of carbonyl (C=O) groups is 1. The second kappa shape index (κ2) is 5.64. The van der Waals surface area contributed by atoms with E-state index in [2.05, 4.69) is 0 Å². The van der Waals surface area contributed by atoms with E-state index in [9.17, 15) is 9.59 Å². The van der Waals surface area contributed by atoms with Crippen LogP contribution < -0.4 is 5.56 Å². The van der Waals surface area contributed by atoms with Gasteiger partial charge >= 0.3 is 5.97 Å². The van der Waals surface area contributed by atoms with Gasteiger partial charge in [0.1, 0.15) is 0 Å². The molecular weight excluding hydrogens is 270 g/mol. The molecule has 1 aliphatic carbocycles. The minimum Gasteiger partial charge on any atom is -0.478 e. The Morgan fingerprint density at radius 3 is 2.76 bits per heavy atom. The van der Waals surface area contributed by atoms with Gasteiger partial charge in [0.05, 0.1) is 23.8 Å². The van der Waals surface area contributed by atoms with E-state index in [-0.39, 0.29) is 22.8 Å². The van der Waals surface area contributed by atoms with Gasteiger partial charge in [-0.2, -0.15) is 0 Å². The molecule has 21 heavy (non-hydrogen) atoms. The number of carboxylic acid groups (broad SMARTS) is 1. The zero-order valence-electron chi connectivity index (χ0n) is 12.1. The fourth-order valence-electron chi connectivity index (χ4n) is 3.60. The molecule has 1 spiro atoms. The largest absolute Gasteiger partial charge is 0.478 e. The molecular formula is C16H21NO4. The number of ether oxygens (including phenoxy) is 1. The summed E-state index contributed by atoms with van der Waals surface area (Å²) in [6, 6.07) is 2.64. The Labute approximate surface area is 123 Å². The van der Waals surface area contributed by atoms with Crippen molar-refractivity contribution >= 4 is 5.97 Å². The van der Waals surface area contributed by atoms with E-state index in [4.69, 9.17) is 9.84 Å². The quantitative estimate of drug-likeness (QED) is 0.928. The maximum absolute atomic E-state index is 11.9. The van der Waals surface area contributed by atoms with Crippen molar-refractivity contribution in [3.8, 4) is 0 Å². The van der Waals surface area contributed by atoms with Gasteiger partial charge in [0.25, 0.3) is 5.56 Å². The molecule has 2 aliphatic rings. The molecule has 5 nitrogen and oxygen atoms in total. The van der Waals surface area contributed by atoms with Gasteiger partial charge in [-0.25, -0.2) is 4.79 Å². The van der Waals surface area contributed by atoms with Crippen molar-refractivity contribution < 1.29 is 14.6 Å². The minimum atomic E-state index is -1.07. The highest BCUT2D eigenvalue weighted by Gasteiger charge is 2.40. The van der Waals surface area contributed by atoms with Gasteiger partial charge < -0.3 is 14.4 Å². The summed E-state index contributed by atoms with van der Waals surface area (Å²) < 4.78 is 7.80. The predicted molar refractivity (Wildman–Crippen MR) is 77.6 cm³/mol. The average Bonchev–Trinajstić information content (AvgIpc) is 2.84. The van der Waals surface area contributed by atoms with E-state index >= 15 is 0 Å². The maximum Gasteiger partial charge on any atom is 0.335 e. The van der Waals surface area contributed by atoms with E-state index in [1.165, 1.54) is 31.4 Å². The number of rotatable bonds is 3. The molecule has 1 aliphatic heterocycles. The Morgan fingerprint density at radius 1 is 1.33 bits per heavy atom. The van der Waals surface area contributed by atoms with E-state index in [0.29, 0.717) is 6.54 Å². The third-order valence-electron chi connectivity index (χ3n) is 4.75. The molecule has 1 N–H and O–H groups in total. The van der Waals surface area contributed by atoms with Gasteiger partial charge in [-0.05, 0) is 31.7 Å². The zero-order chi connectivity index (χ0) is 14.9. The molecule has 5 heteroatoms. The second-order valence-corrected chi connectivity index (χ2v) is 6.23. The van der Waals surface area contributed by atoms with E-state index in [0.717, 1.165) is 25.7 Å². The van der Waals surface area contributed by atoms with Gasteiger partial charge in [0, 0.05) is 12.3 Å². The number of nitrogens with zero attached hydrogens (tertiary/aromatic N) is 1. The summed E-state index contributed by atoms with van der Waals surface area (Å²) in [6.07, 6.45) is 9.73. The van der Waals surface area contributed by atoms with E-state index in [1.54, 1.807) is 10.8 Å². The topological polar surface area (TPSA) is 68.5 Å². The molecule has 0 amide bonds. The number of pyridine rings is 1. The molecule has 2 heterocycles. The van der Waals surface area contributed by atoms with Gasteiger partial charge in [-0.1, -0.05) is 19.3 Å². The lowest BCUT2D eigenvalue weighted by molar-refractivity contribution is -0.0682. The van der Waals surface area contributed by atoms with Gasteiger partial charge in [0.2, 0.25) is 0 Å². The Kier molecular flexibility index (Phi) is 3.85. The van der Waals surface area contributed by atoms with Crippen LogP contribution in [0, 0.1) is 0 Å². The normalized spacial score (nSPS) is 24.3. The minimum absolute atomic E-state index is 0.0346. The SMILES string of the molecule is O=C(O)c1ccn(CC2CCC3(CCCCC3)O2)c(=O)c1. The van der Waals surface area contributed by atoms with Crippen LogP contribution in [0.2, 0.25) is 0 Å². The molecule has 0 aromatic carbocycles. The second-order valence-electron chi connectivity index (χ2n) is 6.23. The van der Waals surface area contributed by atoms with Gasteiger partial charge in [0.15, 0.2) is 0 Å². The van der Waals surface area contributed by atoms with E-state index in [1.807, 2.05) is 0 Å². The fraction of sp³-hybridized carbons (Fsp3) is 0.625. The first-order valence-electron chi connectivity index (χ1n) is 7.70. The maximum atomic E-state index is 11.9. The highest BCUT2D eigenvalue weighted by Crippen LogP contribution is 2.42. The molecule has 3 rings (SSSR count). The Balaban J connectivity index is 1.68. The predicted octanol–water partition coefficient (Wildman–Crippen LogP) is 2.43. The summed E-state index contributed by atoms with van der Waals surface area (Å²) in [5, 5.41) is 8.88. The first-order chi connectivity index (χ1) is 10.1. The Morgan fingerprint density at radius 2 is 2.10 bits per heavy atom. The van der Waals surface area contributed by atoms with Crippen LogP contribution in [0.15, 0.2) is 23.1 Å². The smallest absolute Gasteiger partial charge is 0.335 e. The molecule has 114 valence electrons. The standard InChI is InChI=1S/C16H21NO4/c18-14-10-12(15(19)20)5-9-17(14)11-13-4-8-16(21-13)6-2-1-3-7-16/h5,9-10,13H,1-4,6-8,11H2,(H,19,20). The monoisotopic (exact) mass is 291 g/mol. The number of carboxylic acids is 1. The molecule has 1 aromatic rings. The molecule has 1 atom stereocenters. The van der Waals surface area contributed by atoms with Crippen LogP contribution in [0.1, 0.15) is 55.3 Å². The van der Waals surface area contributed by atoms with Crippen molar-refractivity contribution in [2.75, 3.05) is 0 Å². The van der Waals surface area contributed by atoms with Crippen LogP contribution in [-0.4, -0.2) is 27.3 Å². The summed E-state index contributed by atoms with van der Waals surface area (Å²) in [5.74, 6) is -1.07. The summed E-state index contributed by atoms with van der Waals surface area (Å²) in [5.41, 5.74) is -0.191. The fourth-order valence-corrected chi connectivity index (χ4v) is 3.60. The average molecular weight is 291 g/mol. The highest BCUT2D eigenvalue weighted by molar-refractivity contribution is 5.87. The van der Waals surface area contributed by atoms with Crippen molar-refractivity contribution in [3.05, 3.63) is 34.2 Å². The number of aromatic nitrogens is 1. The third-order valence-corrected chi connectivity index (χ3v) is 4.75. The van der Waals surface area contributed by atoms with Crippen LogP contribution in [-0.2, 0) is 11.3 Å². The van der Waals surface area contributed by atoms with Gasteiger partial charge in [-0.15, -0.1) is 0 Å². The lowest BCUT2D eigenvalue weighted by atomic mass is 9.83. The van der Waals surface area contributed by atoms with Crippen LogP contribution in [0.25, 0.3) is 0 Å². The van der Waals surface area contributed by atoms with Crippen molar-refractivity contribution in [3.63, 3.8) is 0 Å². The van der Waals surface area contributed by atoms with Crippen molar-refractivity contribution in [2.45, 2.75) is 63.2 Å². The lowest BCUT2D eigenvalue weighted by Crippen LogP contribution is -2.33. The Bertz CT molecular complexity index is 586. The van der Waals surface area contributed by atoms with Crippen molar-refractivity contribution in [1.82, 2.24) is 4.57 Å². The number of hydrogen-bond donors (Lipinski definition) is 1. The molecule has 1 unspecified atom stereocenters. The molecule has 1 saturated carbocycles. The molecule has 0 bridgehead atoms. The van der Waals surface area contributed by atoms with Crippen LogP contribution >= 0.6 is 0 Å². The molecule has 1 aromatic heterocycles. The third kappa shape index (κ3) is 3.02. The van der Waals surface area contributed by atoms with E-state index < -0.39 is 5.97 Å². The first-order valence-corrected chi connectivity index (χ1v) is 7.70. The molecule has 1 saturated heterocycles. The Hall–Kier alpha value is -1.62. The van der Waals surface area contributed by atoms with Gasteiger partial charge in [-0.3, -0.25) is 4.79 Å². The van der Waals surface area contributed by atoms with Crippen LogP contribution in [0.4, 0.5) is 0 Å². The summed E-state index contributed by atoms with van der Waals surface area (Å²) in [4.78, 5) is 22.8. The molecule has 0 radical (unpaired) electrons. The van der Waals surface area contributed by atoms with Crippen LogP contribution in [0.5, 0.6) is 0 Å².